The molecule has 0 saturated carbocycles. The Morgan fingerprint density at radius 2 is 2.00 bits per heavy atom. The number of carbonyl (C=O) groups excluding carboxylic acids is 1. The van der Waals surface area contributed by atoms with E-state index in [-0.39, 0.29) is 23.8 Å². The van der Waals surface area contributed by atoms with Crippen LogP contribution >= 0.6 is 0 Å². The third-order valence-corrected chi connectivity index (χ3v) is 2.92. The lowest BCUT2D eigenvalue weighted by Crippen LogP contribution is -2.29. The van der Waals surface area contributed by atoms with E-state index in [0.717, 1.165) is 4.57 Å². The van der Waals surface area contributed by atoms with E-state index in [9.17, 15) is 9.59 Å². The first-order valence-electron chi connectivity index (χ1n) is 7.29. The maximum atomic E-state index is 12.6. The summed E-state index contributed by atoms with van der Waals surface area (Å²) in [5.41, 5.74) is -0.874. The Hall–Kier alpha value is -2.84. The summed E-state index contributed by atoms with van der Waals surface area (Å²) in [5, 5.41) is 0. The fraction of sp³-hybridized carbons (Fsp3) is 0.467. The molecule has 0 aliphatic rings. The van der Waals surface area contributed by atoms with Gasteiger partial charge in [-0.05, 0) is 20.8 Å². The molecule has 0 aliphatic carbocycles. The van der Waals surface area contributed by atoms with Crippen molar-refractivity contribution in [2.75, 3.05) is 14.1 Å². The van der Waals surface area contributed by atoms with E-state index < -0.39 is 16.9 Å². The second-order valence-corrected chi connectivity index (χ2v) is 6.39. The smallest absolute Gasteiger partial charge is 0.312 e. The first-order valence-corrected chi connectivity index (χ1v) is 7.29. The molecule has 2 aromatic heterocycles. The van der Waals surface area contributed by atoms with Crippen LogP contribution in [-0.4, -0.2) is 50.8 Å². The van der Waals surface area contributed by atoms with E-state index in [1.54, 1.807) is 39.8 Å². The molecule has 0 saturated heterocycles. The molecule has 0 bridgehead atoms. The van der Waals surface area contributed by atoms with Gasteiger partial charge in [0, 0.05) is 26.5 Å². The van der Waals surface area contributed by atoms with Crippen LogP contribution in [-0.2, 0) is 16.3 Å². The molecule has 0 unspecified atom stereocenters. The number of fused-ring (bicyclic) bond motifs is 1. The van der Waals surface area contributed by atoms with Crippen molar-refractivity contribution in [3.63, 3.8) is 0 Å². The number of hydrogen-bond donors (Lipinski definition) is 0. The van der Waals surface area contributed by atoms with Crippen molar-refractivity contribution in [1.82, 2.24) is 24.4 Å². The monoisotopic (exact) mass is 332 g/mol. The standard InChI is InChI=1S/C15H20N6O3/c1-15(2,3)13(23)24-9-21-12(22)10-11(17-7-6-16-10)19-14(21)18-8-20(4)5/h6-8H,9H2,1-5H3. The lowest BCUT2D eigenvalue weighted by atomic mass is 9.98. The highest BCUT2D eigenvalue weighted by molar-refractivity contribution is 5.75. The average molecular weight is 332 g/mol. The molecule has 0 N–H and O–H groups in total. The fourth-order valence-electron chi connectivity index (χ4n) is 1.66. The molecule has 9 heteroatoms. The Labute approximate surface area is 139 Å². The van der Waals surface area contributed by atoms with E-state index in [4.69, 9.17) is 4.74 Å². The predicted molar refractivity (Wildman–Crippen MR) is 89.0 cm³/mol. The topological polar surface area (TPSA) is 103 Å². The molecular formula is C15H20N6O3. The molecule has 0 fully saturated rings. The summed E-state index contributed by atoms with van der Waals surface area (Å²) in [6, 6.07) is 0. The van der Waals surface area contributed by atoms with Crippen molar-refractivity contribution in [3.8, 4) is 0 Å². The van der Waals surface area contributed by atoms with Crippen LogP contribution in [0.15, 0.2) is 22.2 Å². The number of aliphatic imine (C=N–C) groups is 1. The summed E-state index contributed by atoms with van der Waals surface area (Å²) in [5.74, 6) is -0.348. The molecule has 0 amide bonds. The van der Waals surface area contributed by atoms with E-state index in [0.29, 0.717) is 0 Å². The molecule has 24 heavy (non-hydrogen) atoms. The fourth-order valence-corrected chi connectivity index (χ4v) is 1.66. The third-order valence-electron chi connectivity index (χ3n) is 2.92. The molecule has 0 radical (unpaired) electrons. The Morgan fingerprint density at radius 3 is 2.62 bits per heavy atom. The van der Waals surface area contributed by atoms with Crippen molar-refractivity contribution in [1.29, 1.82) is 0 Å². The van der Waals surface area contributed by atoms with Gasteiger partial charge in [-0.15, -0.1) is 0 Å². The van der Waals surface area contributed by atoms with Gasteiger partial charge in [-0.3, -0.25) is 9.59 Å². The molecular weight excluding hydrogens is 312 g/mol. The molecule has 128 valence electrons. The number of hydrogen-bond acceptors (Lipinski definition) is 7. The Kier molecular flexibility index (Phi) is 4.91. The first kappa shape index (κ1) is 17.5. The van der Waals surface area contributed by atoms with Crippen LogP contribution in [0.3, 0.4) is 0 Å². The Bertz CT molecular complexity index is 835. The van der Waals surface area contributed by atoms with Gasteiger partial charge in [0.05, 0.1) is 11.8 Å². The quantitative estimate of drug-likeness (QED) is 0.466. The van der Waals surface area contributed by atoms with Crippen molar-refractivity contribution in [2.24, 2.45) is 10.4 Å². The highest BCUT2D eigenvalue weighted by atomic mass is 16.5. The lowest BCUT2D eigenvalue weighted by Gasteiger charge is -2.17. The molecule has 2 heterocycles. The lowest BCUT2D eigenvalue weighted by molar-refractivity contribution is -0.157. The predicted octanol–water partition coefficient (Wildman–Crippen LogP) is 0.955. The van der Waals surface area contributed by atoms with E-state index in [2.05, 4.69) is 19.9 Å². The van der Waals surface area contributed by atoms with Crippen LogP contribution < -0.4 is 5.56 Å². The minimum atomic E-state index is -0.680. The molecule has 0 aromatic carbocycles. The summed E-state index contributed by atoms with van der Waals surface area (Å²) >= 11 is 0. The van der Waals surface area contributed by atoms with Crippen LogP contribution in [0.1, 0.15) is 20.8 Å². The maximum Gasteiger partial charge on any atom is 0.312 e. The molecule has 9 nitrogen and oxygen atoms in total. The van der Waals surface area contributed by atoms with Crippen molar-refractivity contribution >= 4 is 29.4 Å². The zero-order chi connectivity index (χ0) is 17.9. The maximum absolute atomic E-state index is 12.6. The minimum Gasteiger partial charge on any atom is -0.443 e. The number of carbonyl (C=O) groups is 1. The van der Waals surface area contributed by atoms with Gasteiger partial charge >= 0.3 is 5.97 Å². The third kappa shape index (κ3) is 3.92. The molecule has 2 aromatic rings. The minimum absolute atomic E-state index is 0.0865. The number of nitrogens with zero attached hydrogens (tertiary/aromatic N) is 6. The number of rotatable bonds is 4. The summed E-state index contributed by atoms with van der Waals surface area (Å²) in [7, 11) is 3.57. The number of esters is 1. The van der Waals surface area contributed by atoms with E-state index >= 15 is 0 Å². The molecule has 0 spiro atoms. The van der Waals surface area contributed by atoms with Gasteiger partial charge in [-0.1, -0.05) is 0 Å². The van der Waals surface area contributed by atoms with Gasteiger partial charge in [0.2, 0.25) is 5.95 Å². The second-order valence-electron chi connectivity index (χ2n) is 6.39. The van der Waals surface area contributed by atoms with Crippen LogP contribution in [0.25, 0.3) is 11.2 Å². The van der Waals surface area contributed by atoms with Gasteiger partial charge in [0.25, 0.3) is 5.56 Å². The molecule has 0 aliphatic heterocycles. The van der Waals surface area contributed by atoms with Crippen molar-refractivity contribution in [3.05, 3.63) is 22.7 Å². The van der Waals surface area contributed by atoms with Gasteiger partial charge in [-0.25, -0.2) is 19.5 Å². The molecule has 0 atom stereocenters. The summed E-state index contributed by atoms with van der Waals surface area (Å²) in [4.78, 5) is 42.6. The number of aromatic nitrogens is 4. The largest absolute Gasteiger partial charge is 0.443 e. The number of ether oxygens (including phenoxy) is 1. The van der Waals surface area contributed by atoms with Crippen LogP contribution in [0, 0.1) is 5.41 Å². The average Bonchev–Trinajstić information content (AvgIpc) is 2.51. The second kappa shape index (κ2) is 6.73. The summed E-state index contributed by atoms with van der Waals surface area (Å²) in [6.07, 6.45) is 4.34. The molecule has 2 rings (SSSR count). The van der Waals surface area contributed by atoms with Crippen molar-refractivity contribution < 1.29 is 9.53 Å². The van der Waals surface area contributed by atoms with Gasteiger partial charge < -0.3 is 9.64 Å². The van der Waals surface area contributed by atoms with E-state index in [1.807, 2.05) is 0 Å². The van der Waals surface area contributed by atoms with Crippen LogP contribution in [0.5, 0.6) is 0 Å². The normalized spacial score (nSPS) is 11.9. The Balaban J connectivity index is 2.48. The zero-order valence-electron chi connectivity index (χ0n) is 14.3. The summed E-state index contributed by atoms with van der Waals surface area (Å²) in [6.45, 7) is 4.89. The first-order chi connectivity index (χ1) is 11.2. The highest BCUT2D eigenvalue weighted by Gasteiger charge is 2.24. The highest BCUT2D eigenvalue weighted by Crippen LogP contribution is 2.16. The SMILES string of the molecule is CN(C)C=Nc1nc2nccnc2c(=O)n1COC(=O)C(C)(C)C. The van der Waals surface area contributed by atoms with Gasteiger partial charge in [-0.2, -0.15) is 4.98 Å². The van der Waals surface area contributed by atoms with Crippen molar-refractivity contribution in [2.45, 2.75) is 27.5 Å². The summed E-state index contributed by atoms with van der Waals surface area (Å²) < 4.78 is 6.37. The zero-order valence-corrected chi connectivity index (χ0v) is 14.3. The van der Waals surface area contributed by atoms with Crippen LogP contribution in [0.2, 0.25) is 0 Å². The van der Waals surface area contributed by atoms with E-state index in [1.165, 1.54) is 18.7 Å². The Morgan fingerprint density at radius 1 is 1.33 bits per heavy atom. The van der Waals surface area contributed by atoms with Gasteiger partial charge in [0.15, 0.2) is 17.9 Å². The van der Waals surface area contributed by atoms with Gasteiger partial charge in [0.1, 0.15) is 0 Å². The van der Waals surface area contributed by atoms with Crippen LogP contribution in [0.4, 0.5) is 5.95 Å².